The van der Waals surface area contributed by atoms with Crippen molar-refractivity contribution in [1.29, 1.82) is 0 Å². The van der Waals surface area contributed by atoms with Crippen LogP contribution in [0.1, 0.15) is 24.4 Å². The maximum absolute atomic E-state index is 6.24. The first-order chi connectivity index (χ1) is 7.68. The molecule has 1 heterocycles. The second kappa shape index (κ2) is 5.50. The summed E-state index contributed by atoms with van der Waals surface area (Å²) in [6.07, 6.45) is 2.21. The molecule has 1 aliphatic heterocycles. The maximum Gasteiger partial charge on any atom is 0.0512 e. The summed E-state index contributed by atoms with van der Waals surface area (Å²) in [5, 5.41) is 0.729. The highest BCUT2D eigenvalue weighted by molar-refractivity contribution is 9.10. The Hall–Kier alpha value is -0.0900. The van der Waals surface area contributed by atoms with Crippen molar-refractivity contribution < 1.29 is 4.74 Å². The van der Waals surface area contributed by atoms with Gasteiger partial charge in [0.1, 0.15) is 0 Å². The smallest absolute Gasteiger partial charge is 0.0512 e. The van der Waals surface area contributed by atoms with Crippen LogP contribution in [0.5, 0.6) is 0 Å². The summed E-state index contributed by atoms with van der Waals surface area (Å²) in [5.41, 5.74) is 7.26. The molecule has 0 radical (unpaired) electrons. The first-order valence-corrected chi connectivity index (χ1v) is 6.64. The van der Waals surface area contributed by atoms with E-state index in [4.69, 9.17) is 22.1 Å². The third kappa shape index (κ3) is 2.77. The first-order valence-electron chi connectivity index (χ1n) is 5.47. The molecule has 88 valence electrons. The van der Waals surface area contributed by atoms with Crippen LogP contribution in [-0.2, 0) is 4.74 Å². The quantitative estimate of drug-likeness (QED) is 0.907. The Labute approximate surface area is 109 Å². The van der Waals surface area contributed by atoms with Crippen molar-refractivity contribution in [3.8, 4) is 0 Å². The molecular formula is C12H15BrClNO. The van der Waals surface area contributed by atoms with E-state index in [0.717, 1.165) is 41.1 Å². The first kappa shape index (κ1) is 12.4. The van der Waals surface area contributed by atoms with Gasteiger partial charge in [0.05, 0.1) is 6.61 Å². The van der Waals surface area contributed by atoms with Crippen LogP contribution >= 0.6 is 27.5 Å². The fourth-order valence-electron chi connectivity index (χ4n) is 2.07. The molecule has 0 aromatic heterocycles. The molecule has 0 spiro atoms. The molecule has 1 fully saturated rings. The predicted octanol–water partition coefficient (Wildman–Crippen LogP) is 3.53. The largest absolute Gasteiger partial charge is 0.381 e. The number of ether oxygens (including phenoxy) is 1. The van der Waals surface area contributed by atoms with Gasteiger partial charge in [-0.05, 0) is 30.5 Å². The zero-order valence-corrected chi connectivity index (χ0v) is 11.3. The minimum atomic E-state index is -0.0269. The molecule has 1 aliphatic rings. The summed E-state index contributed by atoms with van der Waals surface area (Å²) in [7, 11) is 0. The summed E-state index contributed by atoms with van der Waals surface area (Å²) in [5.74, 6) is 0.382. The van der Waals surface area contributed by atoms with Crippen LogP contribution < -0.4 is 5.73 Å². The Morgan fingerprint density at radius 1 is 1.50 bits per heavy atom. The van der Waals surface area contributed by atoms with Crippen LogP contribution in [0, 0.1) is 5.92 Å². The van der Waals surface area contributed by atoms with E-state index in [2.05, 4.69) is 15.9 Å². The van der Waals surface area contributed by atoms with Crippen molar-refractivity contribution in [3.63, 3.8) is 0 Å². The number of benzene rings is 1. The minimum absolute atomic E-state index is 0.0269. The molecule has 2 nitrogen and oxygen atoms in total. The van der Waals surface area contributed by atoms with Gasteiger partial charge in [0.2, 0.25) is 0 Å². The molecule has 0 saturated carbocycles. The van der Waals surface area contributed by atoms with Gasteiger partial charge in [0.15, 0.2) is 0 Å². The monoisotopic (exact) mass is 303 g/mol. The third-order valence-electron chi connectivity index (χ3n) is 3.02. The average molecular weight is 305 g/mol. The molecule has 1 saturated heterocycles. The van der Waals surface area contributed by atoms with Gasteiger partial charge in [-0.3, -0.25) is 0 Å². The number of nitrogens with two attached hydrogens (primary N) is 1. The lowest BCUT2D eigenvalue weighted by atomic mass is 9.89. The van der Waals surface area contributed by atoms with E-state index in [1.807, 2.05) is 18.2 Å². The highest BCUT2D eigenvalue weighted by Gasteiger charge is 2.23. The van der Waals surface area contributed by atoms with Crippen LogP contribution in [-0.4, -0.2) is 13.2 Å². The summed E-state index contributed by atoms with van der Waals surface area (Å²) in [4.78, 5) is 0. The van der Waals surface area contributed by atoms with Gasteiger partial charge >= 0.3 is 0 Å². The van der Waals surface area contributed by atoms with Crippen molar-refractivity contribution in [3.05, 3.63) is 33.3 Å². The van der Waals surface area contributed by atoms with Crippen LogP contribution in [0.3, 0.4) is 0 Å². The fourth-order valence-corrected chi connectivity index (χ4v) is 2.87. The van der Waals surface area contributed by atoms with Crippen molar-refractivity contribution in [1.82, 2.24) is 0 Å². The van der Waals surface area contributed by atoms with Gasteiger partial charge in [-0.15, -0.1) is 0 Å². The molecule has 0 amide bonds. The topological polar surface area (TPSA) is 35.2 Å². The van der Waals surface area contributed by atoms with Crippen LogP contribution in [0.15, 0.2) is 22.7 Å². The SMILES string of the molecule is NC(c1ccc(Br)cc1Cl)C1CCCOC1. The Balaban J connectivity index is 2.15. The fraction of sp³-hybridized carbons (Fsp3) is 0.500. The maximum atomic E-state index is 6.24. The molecule has 1 aromatic rings. The Bertz CT molecular complexity index is 366. The number of halogens is 2. The van der Waals surface area contributed by atoms with Crippen molar-refractivity contribution in [2.75, 3.05) is 13.2 Å². The highest BCUT2D eigenvalue weighted by Crippen LogP contribution is 2.32. The molecule has 0 bridgehead atoms. The Kier molecular flexibility index (Phi) is 4.25. The van der Waals surface area contributed by atoms with Crippen molar-refractivity contribution in [2.45, 2.75) is 18.9 Å². The lowest BCUT2D eigenvalue weighted by Gasteiger charge is -2.28. The predicted molar refractivity (Wildman–Crippen MR) is 69.6 cm³/mol. The van der Waals surface area contributed by atoms with E-state index in [0.29, 0.717) is 5.92 Å². The second-order valence-corrected chi connectivity index (χ2v) is 5.49. The summed E-state index contributed by atoms with van der Waals surface area (Å²) < 4.78 is 6.44. The number of rotatable bonds is 2. The zero-order chi connectivity index (χ0) is 11.5. The average Bonchev–Trinajstić information content (AvgIpc) is 2.29. The van der Waals surface area contributed by atoms with Crippen LogP contribution in [0.4, 0.5) is 0 Å². The van der Waals surface area contributed by atoms with Gasteiger partial charge in [-0.1, -0.05) is 33.6 Å². The molecule has 16 heavy (non-hydrogen) atoms. The minimum Gasteiger partial charge on any atom is -0.381 e. The lowest BCUT2D eigenvalue weighted by molar-refractivity contribution is 0.0448. The van der Waals surface area contributed by atoms with E-state index in [1.165, 1.54) is 0 Å². The molecule has 4 heteroatoms. The van der Waals surface area contributed by atoms with Gasteiger partial charge in [0, 0.05) is 28.1 Å². The number of hydrogen-bond acceptors (Lipinski definition) is 2. The second-order valence-electron chi connectivity index (χ2n) is 4.17. The summed E-state index contributed by atoms with van der Waals surface area (Å²) in [6.45, 7) is 1.60. The van der Waals surface area contributed by atoms with Crippen LogP contribution in [0.25, 0.3) is 0 Å². The summed E-state index contributed by atoms with van der Waals surface area (Å²) >= 11 is 9.58. The number of hydrogen-bond donors (Lipinski definition) is 1. The van der Waals surface area contributed by atoms with Crippen molar-refractivity contribution in [2.24, 2.45) is 11.7 Å². The molecule has 2 N–H and O–H groups in total. The van der Waals surface area contributed by atoms with E-state index in [9.17, 15) is 0 Å². The zero-order valence-electron chi connectivity index (χ0n) is 8.96. The van der Waals surface area contributed by atoms with E-state index in [-0.39, 0.29) is 6.04 Å². The van der Waals surface area contributed by atoms with E-state index >= 15 is 0 Å². The normalized spacial score (nSPS) is 23.1. The highest BCUT2D eigenvalue weighted by atomic mass is 79.9. The molecule has 0 aliphatic carbocycles. The molecule has 2 atom stereocenters. The van der Waals surface area contributed by atoms with Gasteiger partial charge in [0.25, 0.3) is 0 Å². The third-order valence-corrected chi connectivity index (χ3v) is 3.85. The Morgan fingerprint density at radius 3 is 2.94 bits per heavy atom. The van der Waals surface area contributed by atoms with Crippen molar-refractivity contribution >= 4 is 27.5 Å². The van der Waals surface area contributed by atoms with E-state index < -0.39 is 0 Å². The van der Waals surface area contributed by atoms with Crippen LogP contribution in [0.2, 0.25) is 5.02 Å². The molecule has 2 rings (SSSR count). The standard InChI is InChI=1S/C12H15BrClNO/c13-9-3-4-10(11(14)6-9)12(15)8-2-1-5-16-7-8/h3-4,6,8,12H,1-2,5,7,15H2. The molecule has 1 aromatic carbocycles. The van der Waals surface area contributed by atoms with Gasteiger partial charge in [-0.25, -0.2) is 0 Å². The summed E-state index contributed by atoms with van der Waals surface area (Å²) in [6, 6.07) is 5.83. The molecular weight excluding hydrogens is 289 g/mol. The lowest BCUT2D eigenvalue weighted by Crippen LogP contribution is -2.29. The van der Waals surface area contributed by atoms with Gasteiger partial charge < -0.3 is 10.5 Å². The van der Waals surface area contributed by atoms with Gasteiger partial charge in [-0.2, -0.15) is 0 Å². The van der Waals surface area contributed by atoms with E-state index in [1.54, 1.807) is 0 Å². The Morgan fingerprint density at radius 2 is 2.31 bits per heavy atom. The molecule has 2 unspecified atom stereocenters.